The molecule has 0 spiro atoms. The molecule has 32 heavy (non-hydrogen) atoms. The average Bonchev–Trinajstić information content (AvgIpc) is 3.14. The molecular formula is C22H24ClN3O4S2. The molecular weight excluding hydrogens is 470 g/mol. The Bertz CT molecular complexity index is 1220. The summed E-state index contributed by atoms with van der Waals surface area (Å²) in [7, 11) is -3.63. The summed E-state index contributed by atoms with van der Waals surface area (Å²) in [6.45, 7) is 4.72. The quantitative estimate of drug-likeness (QED) is 0.453. The van der Waals surface area contributed by atoms with E-state index >= 15 is 0 Å². The minimum absolute atomic E-state index is 0.122. The summed E-state index contributed by atoms with van der Waals surface area (Å²) in [4.78, 5) is 25.3. The molecule has 10 heteroatoms. The maximum atomic E-state index is 12.8. The summed E-state index contributed by atoms with van der Waals surface area (Å²) in [5.41, 5.74) is 4.91. The SMILES string of the molecule is CCCN(CCC)S(=O)(=O)c1ccc(C(=O)NNC(=O)c2sc3ccccc3c2Cl)cc1. The first-order valence-corrected chi connectivity index (χ1v) is 12.8. The van der Waals surface area contributed by atoms with Gasteiger partial charge in [-0.15, -0.1) is 11.3 Å². The van der Waals surface area contributed by atoms with Crippen LogP contribution in [0.15, 0.2) is 53.4 Å². The second kappa shape index (κ2) is 10.4. The third-order valence-electron chi connectivity index (χ3n) is 4.73. The van der Waals surface area contributed by atoms with E-state index in [4.69, 9.17) is 11.6 Å². The molecule has 7 nitrogen and oxygen atoms in total. The number of halogens is 1. The Balaban J connectivity index is 1.68. The van der Waals surface area contributed by atoms with Crippen LogP contribution < -0.4 is 10.9 Å². The Kier molecular flexibility index (Phi) is 7.89. The fourth-order valence-electron chi connectivity index (χ4n) is 3.18. The van der Waals surface area contributed by atoms with Gasteiger partial charge in [0.05, 0.1) is 9.92 Å². The molecule has 0 saturated heterocycles. The van der Waals surface area contributed by atoms with Crippen LogP contribution in [-0.4, -0.2) is 37.6 Å². The summed E-state index contributed by atoms with van der Waals surface area (Å²) < 4.78 is 28.0. The maximum absolute atomic E-state index is 12.8. The molecule has 2 N–H and O–H groups in total. The summed E-state index contributed by atoms with van der Waals surface area (Å²) in [6.07, 6.45) is 1.42. The predicted molar refractivity (Wildman–Crippen MR) is 128 cm³/mol. The number of nitrogens with one attached hydrogen (secondary N) is 2. The van der Waals surface area contributed by atoms with Crippen molar-refractivity contribution in [3.63, 3.8) is 0 Å². The van der Waals surface area contributed by atoms with Crippen molar-refractivity contribution < 1.29 is 18.0 Å². The van der Waals surface area contributed by atoms with E-state index in [1.54, 1.807) is 0 Å². The van der Waals surface area contributed by atoms with Crippen molar-refractivity contribution in [3.8, 4) is 0 Å². The standard InChI is InChI=1S/C22H24ClN3O4S2/c1-3-13-26(14-4-2)32(29,30)16-11-9-15(10-12-16)21(27)24-25-22(28)20-19(23)17-7-5-6-8-18(17)31-20/h5-12H,3-4,13-14H2,1-2H3,(H,24,27)(H,25,28). The Morgan fingerprint density at radius 3 is 2.12 bits per heavy atom. The van der Waals surface area contributed by atoms with Gasteiger partial charge in [0.1, 0.15) is 4.88 Å². The Hall–Kier alpha value is -2.46. The number of sulfonamides is 1. The molecule has 3 rings (SSSR count). The molecule has 1 aromatic heterocycles. The molecule has 2 amide bonds. The van der Waals surface area contributed by atoms with Crippen LogP contribution in [0.25, 0.3) is 10.1 Å². The predicted octanol–water partition coefficient (Wildman–Crippen LogP) is 4.44. The van der Waals surface area contributed by atoms with Gasteiger partial charge in [-0.3, -0.25) is 20.4 Å². The van der Waals surface area contributed by atoms with Gasteiger partial charge in [-0.2, -0.15) is 4.31 Å². The van der Waals surface area contributed by atoms with Gasteiger partial charge >= 0.3 is 0 Å². The summed E-state index contributed by atoms with van der Waals surface area (Å²) in [5, 5.41) is 1.10. The van der Waals surface area contributed by atoms with Crippen molar-refractivity contribution in [1.29, 1.82) is 0 Å². The van der Waals surface area contributed by atoms with Crippen LogP contribution in [0.1, 0.15) is 46.7 Å². The van der Waals surface area contributed by atoms with Crippen LogP contribution >= 0.6 is 22.9 Å². The lowest BCUT2D eigenvalue weighted by Crippen LogP contribution is -2.41. The van der Waals surface area contributed by atoms with E-state index in [2.05, 4.69) is 10.9 Å². The van der Waals surface area contributed by atoms with Gasteiger partial charge in [-0.05, 0) is 43.2 Å². The van der Waals surface area contributed by atoms with Crippen LogP contribution in [-0.2, 0) is 10.0 Å². The molecule has 0 aliphatic rings. The summed E-state index contributed by atoms with van der Waals surface area (Å²) in [6, 6.07) is 13.0. The number of thiophene rings is 1. The average molecular weight is 494 g/mol. The van der Waals surface area contributed by atoms with E-state index < -0.39 is 21.8 Å². The lowest BCUT2D eigenvalue weighted by atomic mass is 10.2. The molecule has 3 aromatic rings. The largest absolute Gasteiger partial charge is 0.281 e. The van der Waals surface area contributed by atoms with Crippen molar-refractivity contribution >= 4 is 54.9 Å². The van der Waals surface area contributed by atoms with Crippen molar-refractivity contribution in [2.24, 2.45) is 0 Å². The van der Waals surface area contributed by atoms with Crippen LogP contribution in [0.5, 0.6) is 0 Å². The lowest BCUT2D eigenvalue weighted by molar-refractivity contribution is 0.0849. The van der Waals surface area contributed by atoms with Gasteiger partial charge in [-0.1, -0.05) is 43.6 Å². The van der Waals surface area contributed by atoms with Crippen LogP contribution in [0.2, 0.25) is 5.02 Å². The molecule has 0 saturated carbocycles. The number of fused-ring (bicyclic) bond motifs is 1. The van der Waals surface area contributed by atoms with Crippen LogP contribution in [0.4, 0.5) is 0 Å². The van der Waals surface area contributed by atoms with E-state index in [0.717, 1.165) is 10.1 Å². The second-order valence-corrected chi connectivity index (χ2v) is 10.4. The zero-order chi connectivity index (χ0) is 23.3. The highest BCUT2D eigenvalue weighted by molar-refractivity contribution is 7.89. The Morgan fingerprint density at radius 1 is 0.938 bits per heavy atom. The van der Waals surface area contributed by atoms with E-state index in [9.17, 15) is 18.0 Å². The van der Waals surface area contributed by atoms with E-state index in [-0.39, 0.29) is 10.5 Å². The van der Waals surface area contributed by atoms with Gasteiger partial charge in [-0.25, -0.2) is 8.42 Å². The van der Waals surface area contributed by atoms with Crippen LogP contribution in [0.3, 0.4) is 0 Å². The number of hydrazine groups is 1. The van der Waals surface area contributed by atoms with Crippen molar-refractivity contribution in [1.82, 2.24) is 15.2 Å². The van der Waals surface area contributed by atoms with Gasteiger partial charge in [0, 0.05) is 28.7 Å². The number of carbonyl (C=O) groups is 2. The highest BCUT2D eigenvalue weighted by Crippen LogP contribution is 2.34. The smallest absolute Gasteiger partial charge is 0.267 e. The summed E-state index contributed by atoms with van der Waals surface area (Å²) in [5.74, 6) is -1.10. The maximum Gasteiger partial charge on any atom is 0.281 e. The molecule has 1 heterocycles. The molecule has 0 unspecified atom stereocenters. The van der Waals surface area contributed by atoms with Crippen molar-refractivity contribution in [3.05, 3.63) is 64.0 Å². The molecule has 0 bridgehead atoms. The molecule has 0 aliphatic carbocycles. The monoisotopic (exact) mass is 493 g/mol. The lowest BCUT2D eigenvalue weighted by Gasteiger charge is -2.21. The molecule has 0 aliphatic heterocycles. The molecule has 0 atom stereocenters. The fourth-order valence-corrected chi connectivity index (χ4v) is 6.22. The minimum atomic E-state index is -3.63. The molecule has 2 aromatic carbocycles. The first-order chi connectivity index (χ1) is 15.3. The van der Waals surface area contributed by atoms with Gasteiger partial charge < -0.3 is 0 Å². The number of amides is 2. The number of carbonyl (C=O) groups excluding carboxylic acids is 2. The van der Waals surface area contributed by atoms with Gasteiger partial charge in [0.2, 0.25) is 10.0 Å². The first kappa shape index (κ1) is 24.2. The number of rotatable bonds is 8. The van der Waals surface area contributed by atoms with Gasteiger partial charge in [0.25, 0.3) is 11.8 Å². The molecule has 0 radical (unpaired) electrons. The second-order valence-electron chi connectivity index (χ2n) is 7.08. The van der Waals surface area contributed by atoms with Crippen molar-refractivity contribution in [2.45, 2.75) is 31.6 Å². The van der Waals surface area contributed by atoms with Gasteiger partial charge in [0.15, 0.2) is 0 Å². The first-order valence-electron chi connectivity index (χ1n) is 10.2. The zero-order valence-electron chi connectivity index (χ0n) is 17.7. The third kappa shape index (κ3) is 5.12. The molecule has 170 valence electrons. The highest BCUT2D eigenvalue weighted by atomic mass is 35.5. The normalized spacial score (nSPS) is 11.6. The van der Waals surface area contributed by atoms with E-state index in [1.165, 1.54) is 39.9 Å². The number of hydrogen-bond acceptors (Lipinski definition) is 5. The number of nitrogens with zero attached hydrogens (tertiary/aromatic N) is 1. The zero-order valence-corrected chi connectivity index (χ0v) is 20.1. The van der Waals surface area contributed by atoms with Crippen molar-refractivity contribution in [2.75, 3.05) is 13.1 Å². The Morgan fingerprint density at radius 2 is 1.53 bits per heavy atom. The number of hydrogen-bond donors (Lipinski definition) is 2. The van der Waals surface area contributed by atoms with E-state index in [1.807, 2.05) is 38.1 Å². The summed E-state index contributed by atoms with van der Waals surface area (Å²) >= 11 is 7.52. The number of benzene rings is 2. The fraction of sp³-hybridized carbons (Fsp3) is 0.273. The topological polar surface area (TPSA) is 95.6 Å². The Labute approximate surface area is 196 Å². The van der Waals surface area contributed by atoms with Crippen LogP contribution in [0, 0.1) is 0 Å². The van der Waals surface area contributed by atoms with E-state index in [0.29, 0.717) is 35.8 Å². The highest BCUT2D eigenvalue weighted by Gasteiger charge is 2.23. The third-order valence-corrected chi connectivity index (χ3v) is 8.32. The minimum Gasteiger partial charge on any atom is -0.267 e. The molecule has 0 fully saturated rings.